The molecule has 0 radical (unpaired) electrons. The van der Waals surface area contributed by atoms with Gasteiger partial charge in [-0.15, -0.1) is 0 Å². The molecule has 7 heteroatoms. The van der Waals surface area contributed by atoms with Crippen molar-refractivity contribution in [3.63, 3.8) is 0 Å². The van der Waals surface area contributed by atoms with Crippen molar-refractivity contribution in [2.45, 2.75) is 58.3 Å². The second-order valence-corrected chi connectivity index (χ2v) is 7.33. The smallest absolute Gasteiger partial charge is 0.193 e. The molecule has 2 saturated heterocycles. The lowest BCUT2D eigenvalue weighted by Crippen LogP contribution is -2.47. The van der Waals surface area contributed by atoms with E-state index in [4.69, 9.17) is 9.47 Å². The molecule has 0 saturated carbocycles. The minimum absolute atomic E-state index is 0.313. The highest BCUT2D eigenvalue weighted by molar-refractivity contribution is 5.80. The van der Waals surface area contributed by atoms with Gasteiger partial charge in [-0.3, -0.25) is 9.67 Å². The van der Waals surface area contributed by atoms with Gasteiger partial charge in [-0.1, -0.05) is 0 Å². The first-order valence-electron chi connectivity index (χ1n) is 9.76. The van der Waals surface area contributed by atoms with Crippen LogP contribution in [0, 0.1) is 13.8 Å². The van der Waals surface area contributed by atoms with Gasteiger partial charge in [0.1, 0.15) is 0 Å². The second kappa shape index (κ2) is 8.86. The number of piperidine rings is 1. The number of hydrogen-bond acceptors (Lipinski definition) is 4. The first kappa shape index (κ1) is 19.2. The van der Waals surface area contributed by atoms with Gasteiger partial charge in [-0.05, 0) is 39.5 Å². The lowest BCUT2D eigenvalue weighted by Gasteiger charge is -2.34. The number of aliphatic imine (C=N–C) groups is 1. The topological polar surface area (TPSA) is 63.9 Å². The van der Waals surface area contributed by atoms with Gasteiger partial charge in [-0.2, -0.15) is 5.10 Å². The number of likely N-dealkylation sites (tertiary alicyclic amines) is 1. The molecular formula is C19H33N5O2. The lowest BCUT2D eigenvalue weighted by atomic mass is 10.1. The summed E-state index contributed by atoms with van der Waals surface area (Å²) in [7, 11) is 3.84. The SMILES string of the molecule is CN=C(NCc1c(C)nn(C)c1C)N1CCC(OCC2CCCO2)CC1. The number of nitrogens with one attached hydrogen (secondary N) is 1. The highest BCUT2D eigenvalue weighted by Gasteiger charge is 2.24. The summed E-state index contributed by atoms with van der Waals surface area (Å²) in [6.45, 7) is 8.51. The van der Waals surface area contributed by atoms with Gasteiger partial charge in [0.05, 0.1) is 24.5 Å². The molecule has 0 aliphatic carbocycles. The van der Waals surface area contributed by atoms with Gasteiger partial charge in [0.15, 0.2) is 5.96 Å². The Morgan fingerprint density at radius 1 is 1.31 bits per heavy atom. The van der Waals surface area contributed by atoms with Crippen LogP contribution in [0.2, 0.25) is 0 Å². The van der Waals surface area contributed by atoms with Crippen LogP contribution in [0.25, 0.3) is 0 Å². The molecule has 3 rings (SSSR count). The van der Waals surface area contributed by atoms with E-state index in [1.54, 1.807) is 0 Å². The fourth-order valence-electron chi connectivity index (χ4n) is 3.83. The number of ether oxygens (including phenoxy) is 2. The number of aromatic nitrogens is 2. The zero-order valence-corrected chi connectivity index (χ0v) is 16.6. The molecule has 1 unspecified atom stereocenters. The van der Waals surface area contributed by atoms with Crippen LogP contribution >= 0.6 is 0 Å². The predicted molar refractivity (Wildman–Crippen MR) is 102 cm³/mol. The van der Waals surface area contributed by atoms with Crippen LogP contribution in [0.5, 0.6) is 0 Å². The largest absolute Gasteiger partial charge is 0.376 e. The van der Waals surface area contributed by atoms with E-state index in [9.17, 15) is 0 Å². The van der Waals surface area contributed by atoms with E-state index in [-0.39, 0.29) is 0 Å². The van der Waals surface area contributed by atoms with Crippen LogP contribution in [-0.4, -0.2) is 66.2 Å². The van der Waals surface area contributed by atoms with Crippen molar-refractivity contribution in [2.75, 3.05) is 33.4 Å². The Bertz CT molecular complexity index is 614. The van der Waals surface area contributed by atoms with Gasteiger partial charge in [-0.25, -0.2) is 0 Å². The summed E-state index contributed by atoms with van der Waals surface area (Å²) in [6.07, 6.45) is 5.05. The molecule has 146 valence electrons. The number of guanidine groups is 1. The maximum Gasteiger partial charge on any atom is 0.193 e. The zero-order chi connectivity index (χ0) is 18.5. The summed E-state index contributed by atoms with van der Waals surface area (Å²) in [5, 5.41) is 7.99. The van der Waals surface area contributed by atoms with E-state index in [2.05, 4.69) is 34.2 Å². The minimum atomic E-state index is 0.313. The number of rotatable bonds is 5. The van der Waals surface area contributed by atoms with Crippen molar-refractivity contribution in [1.29, 1.82) is 0 Å². The Labute approximate surface area is 156 Å². The third-order valence-corrected chi connectivity index (χ3v) is 5.58. The standard InChI is InChI=1S/C19H33N5O2/c1-14-18(15(2)23(4)22-14)12-21-19(20-3)24-9-7-16(8-10-24)26-13-17-6-5-11-25-17/h16-17H,5-13H2,1-4H3,(H,20,21). The molecule has 26 heavy (non-hydrogen) atoms. The van der Waals surface area contributed by atoms with Gasteiger partial charge < -0.3 is 19.7 Å². The van der Waals surface area contributed by atoms with E-state index >= 15 is 0 Å². The third kappa shape index (κ3) is 4.57. The summed E-state index contributed by atoms with van der Waals surface area (Å²) in [4.78, 5) is 6.80. The molecule has 2 aliphatic rings. The Kier molecular flexibility index (Phi) is 6.53. The minimum Gasteiger partial charge on any atom is -0.376 e. The van der Waals surface area contributed by atoms with Crippen molar-refractivity contribution < 1.29 is 9.47 Å². The third-order valence-electron chi connectivity index (χ3n) is 5.58. The number of aryl methyl sites for hydroxylation is 2. The van der Waals surface area contributed by atoms with E-state index in [0.29, 0.717) is 12.2 Å². The Balaban J connectivity index is 1.44. The Hall–Kier alpha value is -1.60. The van der Waals surface area contributed by atoms with Crippen LogP contribution in [0.1, 0.15) is 42.6 Å². The molecule has 1 atom stereocenters. The molecule has 2 fully saturated rings. The van der Waals surface area contributed by atoms with Crippen molar-refractivity contribution >= 4 is 5.96 Å². The van der Waals surface area contributed by atoms with E-state index in [1.807, 2.05) is 18.8 Å². The lowest BCUT2D eigenvalue weighted by molar-refractivity contribution is -0.0367. The number of hydrogen-bond donors (Lipinski definition) is 1. The molecule has 1 aromatic rings. The van der Waals surface area contributed by atoms with E-state index in [1.165, 1.54) is 17.7 Å². The van der Waals surface area contributed by atoms with Crippen molar-refractivity contribution in [3.8, 4) is 0 Å². The summed E-state index contributed by atoms with van der Waals surface area (Å²) in [5.41, 5.74) is 3.53. The quantitative estimate of drug-likeness (QED) is 0.638. The van der Waals surface area contributed by atoms with Crippen LogP contribution in [0.3, 0.4) is 0 Å². The molecule has 1 aromatic heterocycles. The number of nitrogens with zero attached hydrogens (tertiary/aromatic N) is 4. The Morgan fingerprint density at radius 2 is 2.08 bits per heavy atom. The van der Waals surface area contributed by atoms with Crippen molar-refractivity contribution in [3.05, 3.63) is 17.0 Å². The first-order chi connectivity index (χ1) is 12.6. The summed E-state index contributed by atoms with van der Waals surface area (Å²) in [5.74, 6) is 0.963. The predicted octanol–water partition coefficient (Wildman–Crippen LogP) is 1.77. The van der Waals surface area contributed by atoms with E-state index in [0.717, 1.165) is 63.8 Å². The van der Waals surface area contributed by atoms with Crippen LogP contribution < -0.4 is 5.32 Å². The zero-order valence-electron chi connectivity index (χ0n) is 16.6. The highest BCUT2D eigenvalue weighted by atomic mass is 16.5. The molecule has 7 nitrogen and oxygen atoms in total. The highest BCUT2D eigenvalue weighted by Crippen LogP contribution is 2.18. The molecule has 0 spiro atoms. The molecule has 0 aromatic carbocycles. The first-order valence-corrected chi connectivity index (χ1v) is 9.76. The molecule has 1 N–H and O–H groups in total. The second-order valence-electron chi connectivity index (χ2n) is 7.33. The Morgan fingerprint density at radius 3 is 2.65 bits per heavy atom. The summed E-state index contributed by atoms with van der Waals surface area (Å²) in [6, 6.07) is 0. The van der Waals surface area contributed by atoms with Gasteiger partial charge in [0.25, 0.3) is 0 Å². The molecule has 0 bridgehead atoms. The van der Waals surface area contributed by atoms with Gasteiger partial charge in [0, 0.05) is 51.6 Å². The monoisotopic (exact) mass is 363 g/mol. The van der Waals surface area contributed by atoms with E-state index < -0.39 is 0 Å². The van der Waals surface area contributed by atoms with Crippen LogP contribution in [-0.2, 0) is 23.1 Å². The maximum atomic E-state index is 6.07. The normalized spacial score (nSPS) is 22.2. The van der Waals surface area contributed by atoms with Crippen molar-refractivity contribution in [1.82, 2.24) is 20.0 Å². The summed E-state index contributed by atoms with van der Waals surface area (Å²) < 4.78 is 13.6. The van der Waals surface area contributed by atoms with Gasteiger partial charge >= 0.3 is 0 Å². The molecule has 3 heterocycles. The average molecular weight is 364 g/mol. The summed E-state index contributed by atoms with van der Waals surface area (Å²) >= 11 is 0. The fourth-order valence-corrected chi connectivity index (χ4v) is 3.83. The average Bonchev–Trinajstić information content (AvgIpc) is 3.24. The van der Waals surface area contributed by atoms with Crippen molar-refractivity contribution in [2.24, 2.45) is 12.0 Å². The fraction of sp³-hybridized carbons (Fsp3) is 0.789. The van der Waals surface area contributed by atoms with Crippen LogP contribution in [0.4, 0.5) is 0 Å². The molecule has 2 aliphatic heterocycles. The molecule has 0 amide bonds. The maximum absolute atomic E-state index is 6.07. The molecular weight excluding hydrogens is 330 g/mol. The van der Waals surface area contributed by atoms with Gasteiger partial charge in [0.2, 0.25) is 0 Å². The van der Waals surface area contributed by atoms with Crippen LogP contribution in [0.15, 0.2) is 4.99 Å².